The Kier molecular flexibility index (Phi) is 6.74. The van der Waals surface area contributed by atoms with Crippen LogP contribution in [0.2, 0.25) is 0 Å². The van der Waals surface area contributed by atoms with Crippen LogP contribution in [-0.2, 0) is 11.5 Å². The van der Waals surface area contributed by atoms with Gasteiger partial charge in [-0.2, -0.15) is 0 Å². The number of anilines is 1. The summed E-state index contributed by atoms with van der Waals surface area (Å²) in [6.07, 6.45) is 8.31. The molecule has 7 nitrogen and oxygen atoms in total. The minimum Gasteiger partial charge on any atom is -0.358 e. The van der Waals surface area contributed by atoms with Gasteiger partial charge >= 0.3 is 5.69 Å². The van der Waals surface area contributed by atoms with Crippen LogP contribution in [0.25, 0.3) is 17.1 Å². The zero-order valence-corrected chi connectivity index (χ0v) is 19.4. The highest BCUT2D eigenvalue weighted by Gasteiger charge is 2.20. The molecule has 0 unspecified atom stereocenters. The average Bonchev–Trinajstić information content (AvgIpc) is 3.10. The largest absolute Gasteiger partial charge is 0.358 e. The molecule has 2 heterocycles. The fraction of sp³-hybridized carbons (Fsp3) is 0.480. The highest BCUT2D eigenvalue weighted by atomic mass is 16.5. The topological polar surface area (TPSA) is 74.0 Å². The second-order valence-electron chi connectivity index (χ2n) is 9.15. The highest BCUT2D eigenvalue weighted by Crippen LogP contribution is 2.26. The highest BCUT2D eigenvalue weighted by molar-refractivity contribution is 5.59. The lowest BCUT2D eigenvalue weighted by atomic mass is 9.87. The minimum absolute atomic E-state index is 0.0285. The first-order valence-electron chi connectivity index (χ1n) is 11.5. The number of ether oxygens (including phenoxy) is 1. The number of aryl methyl sites for hydroxylation is 1. The third kappa shape index (κ3) is 5.10. The van der Waals surface area contributed by atoms with Gasteiger partial charge in [-0.15, -0.1) is 0 Å². The molecular weight excluding hydrogens is 402 g/mol. The maximum absolute atomic E-state index is 13.3. The fourth-order valence-corrected chi connectivity index (χ4v) is 4.17. The van der Waals surface area contributed by atoms with Crippen LogP contribution in [0.5, 0.6) is 0 Å². The molecule has 4 rings (SSSR count). The van der Waals surface area contributed by atoms with Crippen molar-refractivity contribution in [1.82, 2.24) is 19.1 Å². The number of benzene rings is 1. The van der Waals surface area contributed by atoms with Crippen LogP contribution in [0.3, 0.4) is 0 Å². The Morgan fingerprint density at radius 3 is 2.69 bits per heavy atom. The Bertz CT molecular complexity index is 1110. The molecule has 1 aliphatic carbocycles. The number of hydrogen-bond acceptors (Lipinski definition) is 5. The summed E-state index contributed by atoms with van der Waals surface area (Å²) in [5, 5.41) is 3.50. The lowest BCUT2D eigenvalue weighted by Crippen LogP contribution is -2.26. The SMILES string of the molecule is Cc1cccc(-n2c(-c3ccnc(NC4CCC(C)CC4)n3)cn(COC(C)C)c2=O)c1. The molecule has 3 aromatic rings. The van der Waals surface area contributed by atoms with Gasteiger partial charge in [0.2, 0.25) is 5.95 Å². The van der Waals surface area contributed by atoms with Crippen molar-refractivity contribution in [3.63, 3.8) is 0 Å². The first kappa shape index (κ1) is 22.3. The van der Waals surface area contributed by atoms with E-state index in [1.807, 2.05) is 57.3 Å². The molecule has 0 saturated heterocycles. The summed E-state index contributed by atoms with van der Waals surface area (Å²) < 4.78 is 9.00. The fourth-order valence-electron chi connectivity index (χ4n) is 4.17. The van der Waals surface area contributed by atoms with E-state index in [2.05, 4.69) is 17.2 Å². The molecule has 1 aliphatic rings. The molecule has 1 aromatic carbocycles. The third-order valence-corrected chi connectivity index (χ3v) is 6.03. The van der Waals surface area contributed by atoms with Gasteiger partial charge in [0.1, 0.15) is 6.73 Å². The molecule has 0 bridgehead atoms. The number of nitrogens with one attached hydrogen (secondary N) is 1. The third-order valence-electron chi connectivity index (χ3n) is 6.03. The summed E-state index contributed by atoms with van der Waals surface area (Å²) >= 11 is 0. The van der Waals surface area contributed by atoms with Crippen molar-refractivity contribution in [3.8, 4) is 17.1 Å². The van der Waals surface area contributed by atoms with E-state index in [0.29, 0.717) is 17.7 Å². The normalized spacial score (nSPS) is 18.8. The molecule has 0 atom stereocenters. The van der Waals surface area contributed by atoms with Crippen molar-refractivity contribution in [2.75, 3.05) is 5.32 Å². The van der Waals surface area contributed by atoms with E-state index >= 15 is 0 Å². The number of rotatable bonds is 7. The molecule has 0 spiro atoms. The first-order valence-corrected chi connectivity index (χ1v) is 11.5. The van der Waals surface area contributed by atoms with E-state index < -0.39 is 0 Å². The minimum atomic E-state index is -0.152. The van der Waals surface area contributed by atoms with Crippen molar-refractivity contribution < 1.29 is 4.74 Å². The van der Waals surface area contributed by atoms with Crippen molar-refractivity contribution in [2.45, 2.75) is 72.3 Å². The molecule has 170 valence electrons. The number of hydrogen-bond donors (Lipinski definition) is 1. The van der Waals surface area contributed by atoms with Gasteiger partial charge in [-0.25, -0.2) is 14.8 Å². The van der Waals surface area contributed by atoms with E-state index in [4.69, 9.17) is 9.72 Å². The van der Waals surface area contributed by atoms with Gasteiger partial charge in [0, 0.05) is 18.4 Å². The summed E-state index contributed by atoms with van der Waals surface area (Å²) in [4.78, 5) is 22.5. The zero-order chi connectivity index (χ0) is 22.7. The second kappa shape index (κ2) is 9.69. The van der Waals surface area contributed by atoms with Gasteiger partial charge in [0.25, 0.3) is 0 Å². The predicted octanol–water partition coefficient (Wildman–Crippen LogP) is 4.78. The van der Waals surface area contributed by atoms with Crippen LogP contribution in [0.1, 0.15) is 52.0 Å². The molecule has 0 amide bonds. The van der Waals surface area contributed by atoms with Gasteiger partial charge in [-0.05, 0) is 76.1 Å². The van der Waals surface area contributed by atoms with Crippen LogP contribution in [0.4, 0.5) is 5.95 Å². The monoisotopic (exact) mass is 435 g/mol. The van der Waals surface area contributed by atoms with Crippen LogP contribution >= 0.6 is 0 Å². The number of imidazole rings is 1. The van der Waals surface area contributed by atoms with Crippen LogP contribution in [0, 0.1) is 12.8 Å². The standard InChI is InChI=1S/C25H33N5O2/c1-17(2)32-16-29-15-23(30(25(29)31)21-7-5-6-19(4)14-21)22-12-13-26-24(28-22)27-20-10-8-18(3)9-11-20/h5-7,12-15,17-18,20H,8-11,16H2,1-4H3,(H,26,27,28). The summed E-state index contributed by atoms with van der Waals surface area (Å²) in [6.45, 7) is 8.44. The summed E-state index contributed by atoms with van der Waals surface area (Å²) in [6, 6.07) is 10.2. The van der Waals surface area contributed by atoms with Crippen LogP contribution < -0.4 is 11.0 Å². The Hall–Kier alpha value is -2.93. The number of aromatic nitrogens is 4. The van der Waals surface area contributed by atoms with E-state index in [-0.39, 0.29) is 18.5 Å². The van der Waals surface area contributed by atoms with Crippen molar-refractivity contribution in [3.05, 3.63) is 58.8 Å². The van der Waals surface area contributed by atoms with E-state index in [1.165, 1.54) is 12.8 Å². The molecule has 2 aromatic heterocycles. The second-order valence-corrected chi connectivity index (χ2v) is 9.15. The van der Waals surface area contributed by atoms with Crippen molar-refractivity contribution in [2.24, 2.45) is 5.92 Å². The summed E-state index contributed by atoms with van der Waals surface area (Å²) in [7, 11) is 0. The molecular formula is C25H33N5O2. The lowest BCUT2D eigenvalue weighted by molar-refractivity contribution is 0.0268. The molecule has 32 heavy (non-hydrogen) atoms. The van der Waals surface area contributed by atoms with Gasteiger partial charge in [-0.1, -0.05) is 19.1 Å². The van der Waals surface area contributed by atoms with Crippen molar-refractivity contribution in [1.29, 1.82) is 0 Å². The quantitative estimate of drug-likeness (QED) is 0.578. The van der Waals surface area contributed by atoms with Gasteiger partial charge in [-0.3, -0.25) is 9.13 Å². The molecule has 1 N–H and O–H groups in total. The Morgan fingerprint density at radius 2 is 1.97 bits per heavy atom. The molecule has 1 fully saturated rings. The van der Waals surface area contributed by atoms with Crippen molar-refractivity contribution >= 4 is 5.95 Å². The Morgan fingerprint density at radius 1 is 1.19 bits per heavy atom. The van der Waals surface area contributed by atoms with Gasteiger partial charge in [0.15, 0.2) is 0 Å². The summed E-state index contributed by atoms with van der Waals surface area (Å²) in [5.41, 5.74) is 3.16. The maximum atomic E-state index is 13.3. The van der Waals surface area contributed by atoms with Crippen LogP contribution in [-0.4, -0.2) is 31.2 Å². The van der Waals surface area contributed by atoms with Crippen LogP contribution in [0.15, 0.2) is 47.5 Å². The maximum Gasteiger partial charge on any atom is 0.335 e. The Balaban J connectivity index is 1.70. The molecule has 0 aliphatic heterocycles. The summed E-state index contributed by atoms with van der Waals surface area (Å²) in [5.74, 6) is 1.40. The molecule has 7 heteroatoms. The number of nitrogens with zero attached hydrogens (tertiary/aromatic N) is 4. The average molecular weight is 436 g/mol. The van der Waals surface area contributed by atoms with Gasteiger partial charge < -0.3 is 10.1 Å². The predicted molar refractivity (Wildman–Crippen MR) is 127 cm³/mol. The first-order chi connectivity index (χ1) is 15.4. The lowest BCUT2D eigenvalue weighted by Gasteiger charge is -2.26. The molecule has 1 saturated carbocycles. The smallest absolute Gasteiger partial charge is 0.335 e. The van der Waals surface area contributed by atoms with E-state index in [0.717, 1.165) is 35.7 Å². The molecule has 0 radical (unpaired) electrons. The zero-order valence-electron chi connectivity index (χ0n) is 19.4. The van der Waals surface area contributed by atoms with E-state index in [1.54, 1.807) is 15.3 Å². The van der Waals surface area contributed by atoms with Gasteiger partial charge in [0.05, 0.1) is 23.2 Å². The van der Waals surface area contributed by atoms with E-state index in [9.17, 15) is 4.79 Å². The Labute approximate surface area is 189 Å².